The van der Waals surface area contributed by atoms with Crippen molar-refractivity contribution < 1.29 is 14.3 Å². The summed E-state index contributed by atoms with van der Waals surface area (Å²) in [6.07, 6.45) is 3.32. The van der Waals surface area contributed by atoms with Gasteiger partial charge in [-0.1, -0.05) is 36.4 Å². The number of anilines is 3. The van der Waals surface area contributed by atoms with Gasteiger partial charge in [0.1, 0.15) is 11.5 Å². The van der Waals surface area contributed by atoms with E-state index in [2.05, 4.69) is 29.2 Å². The van der Waals surface area contributed by atoms with Gasteiger partial charge in [-0.15, -0.1) is 0 Å². The van der Waals surface area contributed by atoms with Crippen LogP contribution in [0.5, 0.6) is 11.5 Å². The molecule has 0 saturated carbocycles. The number of allylic oxidation sites excluding steroid dienone is 1. The van der Waals surface area contributed by atoms with E-state index in [0.717, 1.165) is 22.6 Å². The van der Waals surface area contributed by atoms with Crippen molar-refractivity contribution in [2.75, 3.05) is 19.1 Å². The topological polar surface area (TPSA) is 38.8 Å². The highest BCUT2D eigenvalue weighted by Gasteiger charge is 2.12. The maximum atomic E-state index is 12.8. The molecule has 0 radical (unpaired) electrons. The number of carbonyl (C=O) groups is 1. The number of nitrogens with zero attached hydrogens (tertiary/aromatic N) is 1. The second kappa shape index (κ2) is 10.3. The van der Waals surface area contributed by atoms with E-state index in [1.807, 2.05) is 72.8 Å². The molecule has 4 nitrogen and oxygen atoms in total. The van der Waals surface area contributed by atoms with Gasteiger partial charge in [-0.25, -0.2) is 0 Å². The Morgan fingerprint density at radius 1 is 0.697 bits per heavy atom. The summed E-state index contributed by atoms with van der Waals surface area (Å²) >= 11 is 0. The fraction of sp³-hybridized carbons (Fsp3) is 0.0690. The molecule has 4 aromatic carbocycles. The van der Waals surface area contributed by atoms with Gasteiger partial charge in [0.2, 0.25) is 0 Å². The van der Waals surface area contributed by atoms with Crippen molar-refractivity contribution in [3.05, 3.63) is 120 Å². The molecule has 0 bridgehead atoms. The third-order valence-electron chi connectivity index (χ3n) is 5.29. The van der Waals surface area contributed by atoms with Crippen molar-refractivity contribution in [2.24, 2.45) is 0 Å². The Bertz CT molecular complexity index is 1190. The molecule has 0 unspecified atom stereocenters. The van der Waals surface area contributed by atoms with Gasteiger partial charge in [-0.3, -0.25) is 4.79 Å². The Morgan fingerprint density at radius 2 is 1.27 bits per heavy atom. The second-order valence-electron chi connectivity index (χ2n) is 7.36. The second-order valence-corrected chi connectivity index (χ2v) is 7.36. The zero-order valence-corrected chi connectivity index (χ0v) is 18.6. The van der Waals surface area contributed by atoms with E-state index < -0.39 is 0 Å². The molecule has 0 spiro atoms. The largest absolute Gasteiger partial charge is 0.497 e. The molecule has 0 N–H and O–H groups in total. The number of hydrogen-bond acceptors (Lipinski definition) is 4. The van der Waals surface area contributed by atoms with E-state index >= 15 is 0 Å². The first-order valence-electron chi connectivity index (χ1n) is 10.6. The summed E-state index contributed by atoms with van der Waals surface area (Å²) < 4.78 is 10.6. The van der Waals surface area contributed by atoms with Gasteiger partial charge in [0.05, 0.1) is 14.2 Å². The van der Waals surface area contributed by atoms with Crippen molar-refractivity contribution >= 4 is 28.9 Å². The molecule has 0 saturated heterocycles. The first-order chi connectivity index (χ1) is 16.2. The molecule has 4 rings (SSSR count). The zero-order chi connectivity index (χ0) is 23.0. The lowest BCUT2D eigenvalue weighted by Crippen LogP contribution is -2.09. The van der Waals surface area contributed by atoms with Gasteiger partial charge in [-0.2, -0.15) is 0 Å². The molecular weight excluding hydrogens is 410 g/mol. The Balaban J connectivity index is 1.58. The quantitative estimate of drug-likeness (QED) is 0.219. The number of ether oxygens (including phenoxy) is 2. The van der Waals surface area contributed by atoms with Gasteiger partial charge in [0.25, 0.3) is 0 Å². The van der Waals surface area contributed by atoms with Crippen LogP contribution in [0.25, 0.3) is 6.08 Å². The summed E-state index contributed by atoms with van der Waals surface area (Å²) in [6, 6.07) is 33.5. The van der Waals surface area contributed by atoms with E-state index in [1.54, 1.807) is 32.4 Å². The maximum Gasteiger partial charge on any atom is 0.185 e. The average molecular weight is 436 g/mol. The van der Waals surface area contributed by atoms with Gasteiger partial charge in [0, 0.05) is 34.3 Å². The third-order valence-corrected chi connectivity index (χ3v) is 5.29. The highest BCUT2D eigenvalue weighted by molar-refractivity contribution is 6.07. The average Bonchev–Trinajstić information content (AvgIpc) is 2.89. The van der Waals surface area contributed by atoms with Gasteiger partial charge < -0.3 is 14.4 Å². The van der Waals surface area contributed by atoms with Crippen LogP contribution in [0.4, 0.5) is 17.1 Å². The minimum atomic E-state index is -0.0783. The van der Waals surface area contributed by atoms with Crippen LogP contribution in [-0.2, 0) is 0 Å². The van der Waals surface area contributed by atoms with Crippen LogP contribution in [0.3, 0.4) is 0 Å². The van der Waals surface area contributed by atoms with E-state index in [-0.39, 0.29) is 5.78 Å². The van der Waals surface area contributed by atoms with Crippen LogP contribution in [0, 0.1) is 0 Å². The zero-order valence-electron chi connectivity index (χ0n) is 18.6. The van der Waals surface area contributed by atoms with Crippen molar-refractivity contribution in [3.63, 3.8) is 0 Å². The Kier molecular flexibility index (Phi) is 6.86. The van der Waals surface area contributed by atoms with Crippen LogP contribution in [0.15, 0.2) is 109 Å². The predicted octanol–water partition coefficient (Wildman–Crippen LogP) is 7.07. The molecule has 0 heterocycles. The molecule has 0 aliphatic heterocycles. The Labute approximate surface area is 194 Å². The lowest BCUT2D eigenvalue weighted by molar-refractivity contribution is 0.104. The summed E-state index contributed by atoms with van der Waals surface area (Å²) in [5.74, 6) is 1.27. The maximum absolute atomic E-state index is 12.8. The first-order valence-corrected chi connectivity index (χ1v) is 10.6. The van der Waals surface area contributed by atoms with Crippen molar-refractivity contribution in [3.8, 4) is 11.5 Å². The summed E-state index contributed by atoms with van der Waals surface area (Å²) in [5.41, 5.74) is 4.50. The van der Waals surface area contributed by atoms with E-state index in [4.69, 9.17) is 9.47 Å². The fourth-order valence-electron chi connectivity index (χ4n) is 3.59. The number of carbonyl (C=O) groups excluding carboxylic acids is 1. The SMILES string of the molecule is COc1ccc(/C=C/C(=O)c2ccc(N(c3ccccc3)c3ccccc3)cc2)c(OC)c1. The minimum Gasteiger partial charge on any atom is -0.497 e. The van der Waals surface area contributed by atoms with E-state index in [9.17, 15) is 4.79 Å². The lowest BCUT2D eigenvalue weighted by atomic mass is 10.1. The van der Waals surface area contributed by atoms with Crippen LogP contribution in [0.2, 0.25) is 0 Å². The monoisotopic (exact) mass is 435 g/mol. The molecule has 0 aliphatic rings. The number of rotatable bonds is 8. The molecule has 33 heavy (non-hydrogen) atoms. The molecule has 0 atom stereocenters. The normalized spacial score (nSPS) is 10.7. The number of benzene rings is 4. The van der Waals surface area contributed by atoms with Crippen LogP contribution < -0.4 is 14.4 Å². The molecule has 0 fully saturated rings. The van der Waals surface area contributed by atoms with Crippen molar-refractivity contribution in [2.45, 2.75) is 0 Å². The fourth-order valence-corrected chi connectivity index (χ4v) is 3.59. The van der Waals surface area contributed by atoms with Gasteiger partial charge >= 0.3 is 0 Å². The Hall–Kier alpha value is -4.31. The number of methoxy groups -OCH3 is 2. The summed E-state index contributed by atoms with van der Waals surface area (Å²) in [6.45, 7) is 0. The van der Waals surface area contributed by atoms with Gasteiger partial charge in [0.15, 0.2) is 5.78 Å². The van der Waals surface area contributed by atoms with Crippen LogP contribution in [-0.4, -0.2) is 20.0 Å². The highest BCUT2D eigenvalue weighted by atomic mass is 16.5. The van der Waals surface area contributed by atoms with Crippen LogP contribution in [0.1, 0.15) is 15.9 Å². The van der Waals surface area contributed by atoms with Crippen molar-refractivity contribution in [1.29, 1.82) is 0 Å². The first kappa shape index (κ1) is 21.9. The number of ketones is 1. The Morgan fingerprint density at radius 3 is 1.82 bits per heavy atom. The highest BCUT2D eigenvalue weighted by Crippen LogP contribution is 2.34. The molecular formula is C29H25NO3. The van der Waals surface area contributed by atoms with E-state index in [1.165, 1.54) is 0 Å². The van der Waals surface area contributed by atoms with Gasteiger partial charge in [-0.05, 0) is 72.8 Å². The lowest BCUT2D eigenvalue weighted by Gasteiger charge is -2.25. The number of para-hydroxylation sites is 2. The van der Waals surface area contributed by atoms with Crippen molar-refractivity contribution in [1.82, 2.24) is 0 Å². The molecule has 0 aliphatic carbocycles. The molecule has 164 valence electrons. The van der Waals surface area contributed by atoms with Crippen LogP contribution >= 0.6 is 0 Å². The number of hydrogen-bond donors (Lipinski definition) is 0. The van der Waals surface area contributed by atoms with E-state index in [0.29, 0.717) is 17.1 Å². The summed E-state index contributed by atoms with van der Waals surface area (Å²) in [5, 5.41) is 0. The third kappa shape index (κ3) is 5.13. The smallest absolute Gasteiger partial charge is 0.185 e. The molecule has 4 aromatic rings. The molecule has 4 heteroatoms. The predicted molar refractivity (Wildman–Crippen MR) is 134 cm³/mol. The molecule has 0 amide bonds. The molecule has 0 aromatic heterocycles. The standard InChI is InChI=1S/C29H25NO3/c1-32-27-19-15-23(29(21-27)33-2)16-20-28(31)22-13-17-26(18-14-22)30(24-9-5-3-6-10-24)25-11-7-4-8-12-25/h3-21H,1-2H3/b20-16+. The summed E-state index contributed by atoms with van der Waals surface area (Å²) in [7, 11) is 3.20. The minimum absolute atomic E-state index is 0.0783. The summed E-state index contributed by atoms with van der Waals surface area (Å²) in [4.78, 5) is 15.0.